The van der Waals surface area contributed by atoms with Crippen molar-refractivity contribution in [3.05, 3.63) is 52.1 Å². The van der Waals surface area contributed by atoms with Crippen LogP contribution in [0.3, 0.4) is 0 Å². The zero-order valence-corrected chi connectivity index (χ0v) is 13.5. The summed E-state index contributed by atoms with van der Waals surface area (Å²) >= 11 is 5.10. The number of nitrogens with one attached hydrogen (secondary N) is 1. The van der Waals surface area contributed by atoms with E-state index in [0.29, 0.717) is 0 Å². The maximum absolute atomic E-state index is 4.39. The molecule has 0 aliphatic carbocycles. The summed E-state index contributed by atoms with van der Waals surface area (Å²) in [5, 5.41) is 4.36. The van der Waals surface area contributed by atoms with Crippen LogP contribution in [-0.4, -0.2) is 11.5 Å². The lowest BCUT2D eigenvalue weighted by molar-refractivity contribution is 0.726. The molecule has 0 aliphatic rings. The maximum atomic E-state index is 4.39. The third-order valence-electron chi connectivity index (χ3n) is 2.73. The van der Waals surface area contributed by atoms with Gasteiger partial charge < -0.3 is 5.32 Å². The zero-order chi connectivity index (χ0) is 13.7. The summed E-state index contributed by atoms with van der Waals surface area (Å²) in [5.74, 6) is 0. The van der Waals surface area contributed by atoms with E-state index in [1.165, 1.54) is 16.0 Å². The molecule has 100 valence electrons. The lowest BCUT2D eigenvalue weighted by atomic mass is 10.1. The van der Waals surface area contributed by atoms with Gasteiger partial charge in [-0.15, -0.1) is 0 Å². The van der Waals surface area contributed by atoms with Crippen LogP contribution in [0, 0.1) is 6.92 Å². The highest BCUT2D eigenvalue weighted by atomic mass is 79.9. The van der Waals surface area contributed by atoms with Gasteiger partial charge in [0.2, 0.25) is 0 Å². The Morgan fingerprint density at radius 3 is 2.74 bits per heavy atom. The van der Waals surface area contributed by atoms with Crippen molar-refractivity contribution in [3.63, 3.8) is 0 Å². The van der Waals surface area contributed by atoms with E-state index >= 15 is 0 Å². The second kappa shape index (κ2) is 7.08. The van der Waals surface area contributed by atoms with Crippen molar-refractivity contribution in [1.29, 1.82) is 0 Å². The van der Waals surface area contributed by atoms with E-state index in [9.17, 15) is 0 Å². The van der Waals surface area contributed by atoms with Crippen LogP contribution in [0.5, 0.6) is 0 Å². The molecule has 19 heavy (non-hydrogen) atoms. The monoisotopic (exact) mass is 336 g/mol. The third-order valence-corrected chi connectivity index (χ3v) is 4.33. The van der Waals surface area contributed by atoms with E-state index in [1.54, 1.807) is 11.8 Å². The minimum Gasteiger partial charge on any atom is -0.313 e. The molecule has 0 saturated carbocycles. The van der Waals surface area contributed by atoms with Crippen LogP contribution in [0.2, 0.25) is 0 Å². The first-order valence-corrected chi connectivity index (χ1v) is 7.89. The molecule has 0 spiro atoms. The molecule has 0 aliphatic heterocycles. The molecule has 1 N–H and O–H groups in total. The maximum Gasteiger partial charge on any atom is 0.101 e. The Morgan fingerprint density at radius 1 is 1.26 bits per heavy atom. The first-order valence-electron chi connectivity index (χ1n) is 6.28. The summed E-state index contributed by atoms with van der Waals surface area (Å²) in [4.78, 5) is 5.65. The summed E-state index contributed by atoms with van der Waals surface area (Å²) in [6.45, 7) is 6.20. The molecule has 2 nitrogen and oxygen atoms in total. The predicted octanol–water partition coefficient (Wildman–Crippen LogP) is 4.41. The van der Waals surface area contributed by atoms with Gasteiger partial charge in [-0.25, -0.2) is 4.98 Å². The smallest absolute Gasteiger partial charge is 0.101 e. The third kappa shape index (κ3) is 4.34. The molecule has 0 bridgehead atoms. The fourth-order valence-electron chi connectivity index (χ4n) is 1.74. The molecule has 2 rings (SSSR count). The van der Waals surface area contributed by atoms with Gasteiger partial charge in [0.25, 0.3) is 0 Å². The molecule has 0 fully saturated rings. The fourth-order valence-corrected chi connectivity index (χ4v) is 2.80. The second-order valence-corrected chi connectivity index (χ2v) is 6.27. The Bertz CT molecular complexity index is 540. The number of aromatic nitrogens is 1. The summed E-state index contributed by atoms with van der Waals surface area (Å²) in [6.07, 6.45) is 1.83. The van der Waals surface area contributed by atoms with Crippen LogP contribution in [-0.2, 0) is 6.54 Å². The molecule has 2 aromatic rings. The van der Waals surface area contributed by atoms with Crippen LogP contribution in [0.4, 0.5) is 0 Å². The SMILES string of the molecule is CCNCc1ccc(Sc2ccc(Br)cn2)c(C)c1. The van der Waals surface area contributed by atoms with Crippen LogP contribution >= 0.6 is 27.7 Å². The minimum atomic E-state index is 0.929. The number of nitrogens with zero attached hydrogens (tertiary/aromatic N) is 1. The first kappa shape index (κ1) is 14.6. The number of benzene rings is 1. The second-order valence-electron chi connectivity index (χ2n) is 4.30. The number of hydrogen-bond donors (Lipinski definition) is 1. The average Bonchev–Trinajstić information content (AvgIpc) is 2.41. The van der Waals surface area contributed by atoms with Crippen molar-refractivity contribution >= 4 is 27.7 Å². The molecule has 0 amide bonds. The van der Waals surface area contributed by atoms with E-state index in [2.05, 4.69) is 58.3 Å². The van der Waals surface area contributed by atoms with Gasteiger partial charge in [0.1, 0.15) is 5.03 Å². The van der Waals surface area contributed by atoms with Gasteiger partial charge in [-0.3, -0.25) is 0 Å². The van der Waals surface area contributed by atoms with Crippen LogP contribution < -0.4 is 5.32 Å². The van der Waals surface area contributed by atoms with Gasteiger partial charge in [-0.1, -0.05) is 30.8 Å². The molecular weight excluding hydrogens is 320 g/mol. The van der Waals surface area contributed by atoms with Crippen molar-refractivity contribution in [3.8, 4) is 0 Å². The molecule has 1 aromatic heterocycles. The van der Waals surface area contributed by atoms with Crippen molar-refractivity contribution in [2.45, 2.75) is 30.3 Å². The summed E-state index contributed by atoms with van der Waals surface area (Å²) < 4.78 is 1.01. The Balaban J connectivity index is 2.10. The van der Waals surface area contributed by atoms with Gasteiger partial charge in [0, 0.05) is 22.1 Å². The molecular formula is C15H17BrN2S. The predicted molar refractivity (Wildman–Crippen MR) is 84.6 cm³/mol. The summed E-state index contributed by atoms with van der Waals surface area (Å²) in [6, 6.07) is 10.6. The van der Waals surface area contributed by atoms with Gasteiger partial charge in [-0.2, -0.15) is 0 Å². The van der Waals surface area contributed by atoms with Crippen molar-refractivity contribution in [2.24, 2.45) is 0 Å². The lowest BCUT2D eigenvalue weighted by Gasteiger charge is -2.08. The number of halogens is 1. The Hall–Kier alpha value is -0.840. The lowest BCUT2D eigenvalue weighted by Crippen LogP contribution is -2.11. The Kier molecular flexibility index (Phi) is 5.43. The molecule has 0 saturated heterocycles. The van der Waals surface area contributed by atoms with Crippen molar-refractivity contribution < 1.29 is 0 Å². The van der Waals surface area contributed by atoms with Gasteiger partial charge in [-0.05, 0) is 58.7 Å². The van der Waals surface area contributed by atoms with E-state index in [0.717, 1.165) is 22.6 Å². The normalized spacial score (nSPS) is 10.7. The fraction of sp³-hybridized carbons (Fsp3) is 0.267. The van der Waals surface area contributed by atoms with Gasteiger partial charge in [0.05, 0.1) is 0 Å². The summed E-state index contributed by atoms with van der Waals surface area (Å²) in [5.41, 5.74) is 2.62. The Labute approximate surface area is 127 Å². The highest BCUT2D eigenvalue weighted by molar-refractivity contribution is 9.10. The van der Waals surface area contributed by atoms with Crippen molar-refractivity contribution in [1.82, 2.24) is 10.3 Å². The average molecular weight is 337 g/mol. The van der Waals surface area contributed by atoms with Gasteiger partial charge in [0.15, 0.2) is 0 Å². The molecule has 0 unspecified atom stereocenters. The highest BCUT2D eigenvalue weighted by Gasteiger charge is 2.03. The van der Waals surface area contributed by atoms with E-state index in [-0.39, 0.29) is 0 Å². The Morgan fingerprint density at radius 2 is 2.11 bits per heavy atom. The molecule has 4 heteroatoms. The quantitative estimate of drug-likeness (QED) is 0.875. The molecule has 0 radical (unpaired) electrons. The molecule has 0 atom stereocenters. The van der Waals surface area contributed by atoms with Gasteiger partial charge >= 0.3 is 0 Å². The highest BCUT2D eigenvalue weighted by Crippen LogP contribution is 2.29. The first-order chi connectivity index (χ1) is 9.19. The van der Waals surface area contributed by atoms with E-state index < -0.39 is 0 Å². The van der Waals surface area contributed by atoms with Crippen LogP contribution in [0.1, 0.15) is 18.1 Å². The van der Waals surface area contributed by atoms with Crippen LogP contribution in [0.15, 0.2) is 50.9 Å². The largest absolute Gasteiger partial charge is 0.313 e. The minimum absolute atomic E-state index is 0.929. The molecule has 1 aromatic carbocycles. The zero-order valence-electron chi connectivity index (χ0n) is 11.1. The molecule has 1 heterocycles. The summed E-state index contributed by atoms with van der Waals surface area (Å²) in [7, 11) is 0. The van der Waals surface area contributed by atoms with E-state index in [1.807, 2.05) is 18.3 Å². The number of rotatable bonds is 5. The topological polar surface area (TPSA) is 24.9 Å². The van der Waals surface area contributed by atoms with Crippen LogP contribution in [0.25, 0.3) is 0 Å². The number of hydrogen-bond acceptors (Lipinski definition) is 3. The van der Waals surface area contributed by atoms with Crippen molar-refractivity contribution in [2.75, 3.05) is 6.54 Å². The number of aryl methyl sites for hydroxylation is 1. The number of pyridine rings is 1. The standard InChI is InChI=1S/C15H17BrN2S/c1-3-17-9-12-4-6-14(11(2)8-12)19-15-7-5-13(16)10-18-15/h4-8,10,17H,3,9H2,1-2H3. The van der Waals surface area contributed by atoms with E-state index in [4.69, 9.17) is 0 Å².